The first-order chi connectivity index (χ1) is 8.19. The zero-order chi connectivity index (χ0) is 12.3. The Morgan fingerprint density at radius 1 is 1.76 bits per heavy atom. The van der Waals surface area contributed by atoms with E-state index in [1.807, 2.05) is 7.05 Å². The van der Waals surface area contributed by atoms with E-state index < -0.39 is 0 Å². The van der Waals surface area contributed by atoms with E-state index >= 15 is 0 Å². The lowest BCUT2D eigenvalue weighted by Crippen LogP contribution is -2.22. The van der Waals surface area contributed by atoms with Gasteiger partial charge in [-0.1, -0.05) is 0 Å². The van der Waals surface area contributed by atoms with Gasteiger partial charge in [-0.25, -0.2) is 9.78 Å². The van der Waals surface area contributed by atoms with Crippen molar-refractivity contribution >= 4 is 17.3 Å². The van der Waals surface area contributed by atoms with E-state index in [0.717, 1.165) is 24.5 Å². The van der Waals surface area contributed by atoms with Crippen LogP contribution in [0, 0.1) is 0 Å². The van der Waals surface area contributed by atoms with E-state index in [1.165, 1.54) is 11.3 Å². The van der Waals surface area contributed by atoms with Crippen molar-refractivity contribution in [2.75, 3.05) is 26.7 Å². The maximum Gasteiger partial charge on any atom is 0.358 e. The highest BCUT2D eigenvalue weighted by Gasteiger charge is 2.24. The molecule has 94 valence electrons. The van der Waals surface area contributed by atoms with Crippen LogP contribution in [0.2, 0.25) is 0 Å². The van der Waals surface area contributed by atoms with Gasteiger partial charge in [-0.15, -0.1) is 11.3 Å². The molecular weight excluding hydrogens is 238 g/mol. The second-order valence-corrected chi connectivity index (χ2v) is 5.19. The molecule has 0 spiro atoms. The molecule has 0 bridgehead atoms. The number of likely N-dealkylation sites (tertiary alicyclic amines) is 1. The second kappa shape index (κ2) is 5.57. The van der Waals surface area contributed by atoms with Gasteiger partial charge in [0, 0.05) is 24.9 Å². The van der Waals surface area contributed by atoms with Gasteiger partial charge in [0.25, 0.3) is 0 Å². The molecule has 2 rings (SSSR count). The Morgan fingerprint density at radius 2 is 2.59 bits per heavy atom. The molecule has 0 saturated carbocycles. The van der Waals surface area contributed by atoms with Gasteiger partial charge in [0.2, 0.25) is 0 Å². The summed E-state index contributed by atoms with van der Waals surface area (Å²) in [6.07, 6.45) is 1.62. The number of esters is 1. The molecule has 1 unspecified atom stereocenters. The van der Waals surface area contributed by atoms with Crippen molar-refractivity contribution in [1.82, 2.24) is 9.88 Å². The molecule has 1 aromatic heterocycles. The van der Waals surface area contributed by atoms with Crippen LogP contribution in [0.5, 0.6) is 0 Å². The highest BCUT2D eigenvalue weighted by molar-refractivity contribution is 7.09. The van der Waals surface area contributed by atoms with Crippen LogP contribution in [0.3, 0.4) is 0 Å². The minimum atomic E-state index is -0.315. The molecule has 17 heavy (non-hydrogen) atoms. The Kier molecular flexibility index (Phi) is 4.09. The van der Waals surface area contributed by atoms with Gasteiger partial charge >= 0.3 is 5.97 Å². The third kappa shape index (κ3) is 3.24. The summed E-state index contributed by atoms with van der Waals surface area (Å²) in [7, 11) is 2.02. The van der Waals surface area contributed by atoms with Crippen molar-refractivity contribution < 1.29 is 9.53 Å². The number of nitrogens with two attached hydrogens (primary N) is 1. The van der Waals surface area contributed by atoms with Crippen LogP contribution in [0.4, 0.5) is 0 Å². The first-order valence-electron chi connectivity index (χ1n) is 5.73. The Labute approximate surface area is 105 Å². The van der Waals surface area contributed by atoms with E-state index in [9.17, 15) is 4.79 Å². The van der Waals surface area contributed by atoms with E-state index in [4.69, 9.17) is 10.5 Å². The number of carbonyl (C=O) groups excluding carboxylic acids is 1. The van der Waals surface area contributed by atoms with Crippen LogP contribution in [0.25, 0.3) is 0 Å². The van der Waals surface area contributed by atoms with Crippen molar-refractivity contribution in [3.8, 4) is 0 Å². The van der Waals surface area contributed by atoms with Gasteiger partial charge < -0.3 is 15.4 Å². The minimum absolute atomic E-state index is 0.00663. The van der Waals surface area contributed by atoms with Gasteiger partial charge in [-0.3, -0.25) is 0 Å². The van der Waals surface area contributed by atoms with Gasteiger partial charge in [-0.2, -0.15) is 0 Å². The van der Waals surface area contributed by atoms with Crippen LogP contribution in [-0.2, 0) is 11.2 Å². The standard InChI is InChI=1S/C11H17N3O2S/c1-14-5-3-8(6-14)16-11(15)9-7-17-10(13-9)2-4-12/h7-8H,2-6,12H2,1H3. The molecule has 0 aliphatic carbocycles. The summed E-state index contributed by atoms with van der Waals surface area (Å²) in [4.78, 5) is 18.2. The van der Waals surface area contributed by atoms with Crippen LogP contribution >= 0.6 is 11.3 Å². The molecule has 1 aliphatic rings. The summed E-state index contributed by atoms with van der Waals surface area (Å²) in [6.45, 7) is 2.34. The summed E-state index contributed by atoms with van der Waals surface area (Å²) in [5, 5.41) is 2.63. The summed E-state index contributed by atoms with van der Waals surface area (Å²) in [6, 6.07) is 0. The Morgan fingerprint density at radius 3 is 3.24 bits per heavy atom. The maximum atomic E-state index is 11.8. The van der Waals surface area contributed by atoms with Gasteiger partial charge in [0.15, 0.2) is 5.69 Å². The number of nitrogens with zero attached hydrogens (tertiary/aromatic N) is 2. The van der Waals surface area contributed by atoms with Crippen LogP contribution < -0.4 is 5.73 Å². The first kappa shape index (κ1) is 12.5. The summed E-state index contributed by atoms with van der Waals surface area (Å²) >= 11 is 1.46. The fraction of sp³-hybridized carbons (Fsp3) is 0.636. The lowest BCUT2D eigenvalue weighted by molar-refractivity contribution is 0.0321. The van der Waals surface area contributed by atoms with Crippen molar-refractivity contribution in [2.45, 2.75) is 18.9 Å². The Hall–Kier alpha value is -0.980. The number of thiazole rings is 1. The molecule has 6 heteroatoms. The number of rotatable bonds is 4. The molecule has 1 aliphatic heterocycles. The van der Waals surface area contributed by atoms with Gasteiger partial charge in [0.05, 0.1) is 5.01 Å². The van der Waals surface area contributed by atoms with E-state index in [-0.39, 0.29) is 12.1 Å². The lowest BCUT2D eigenvalue weighted by Gasteiger charge is -2.10. The van der Waals surface area contributed by atoms with Crippen molar-refractivity contribution in [3.05, 3.63) is 16.1 Å². The topological polar surface area (TPSA) is 68.5 Å². The molecule has 1 aromatic rings. The molecule has 0 radical (unpaired) electrons. The maximum absolute atomic E-state index is 11.8. The normalized spacial score (nSPS) is 20.7. The number of ether oxygens (including phenoxy) is 1. The van der Waals surface area contributed by atoms with Gasteiger partial charge in [-0.05, 0) is 20.0 Å². The third-order valence-corrected chi connectivity index (χ3v) is 3.65. The Bertz CT molecular complexity index is 394. The van der Waals surface area contributed by atoms with Crippen molar-refractivity contribution in [2.24, 2.45) is 5.73 Å². The molecule has 0 amide bonds. The second-order valence-electron chi connectivity index (χ2n) is 4.24. The minimum Gasteiger partial charge on any atom is -0.456 e. The highest BCUT2D eigenvalue weighted by atomic mass is 32.1. The van der Waals surface area contributed by atoms with Crippen LogP contribution in [0.1, 0.15) is 21.9 Å². The molecule has 2 heterocycles. The third-order valence-electron chi connectivity index (χ3n) is 2.74. The predicted octanol–water partition coefficient (Wildman–Crippen LogP) is 0.505. The molecular formula is C11H17N3O2S. The van der Waals surface area contributed by atoms with E-state index in [1.54, 1.807) is 5.38 Å². The molecule has 1 saturated heterocycles. The van der Waals surface area contributed by atoms with E-state index in [2.05, 4.69) is 9.88 Å². The Balaban J connectivity index is 1.90. The molecule has 2 N–H and O–H groups in total. The molecule has 0 aromatic carbocycles. The number of likely N-dealkylation sites (N-methyl/N-ethyl adjacent to an activating group) is 1. The molecule has 1 fully saturated rings. The average Bonchev–Trinajstić information content (AvgIpc) is 2.88. The van der Waals surface area contributed by atoms with Crippen molar-refractivity contribution in [3.63, 3.8) is 0 Å². The zero-order valence-corrected chi connectivity index (χ0v) is 10.7. The summed E-state index contributed by atoms with van der Waals surface area (Å²) in [5.74, 6) is -0.315. The smallest absolute Gasteiger partial charge is 0.358 e. The fourth-order valence-electron chi connectivity index (χ4n) is 1.85. The average molecular weight is 255 g/mol. The van der Waals surface area contributed by atoms with Gasteiger partial charge in [0.1, 0.15) is 6.10 Å². The van der Waals surface area contributed by atoms with Crippen LogP contribution in [0.15, 0.2) is 5.38 Å². The quantitative estimate of drug-likeness (QED) is 0.794. The largest absolute Gasteiger partial charge is 0.456 e. The first-order valence-corrected chi connectivity index (χ1v) is 6.61. The number of carbonyl (C=O) groups is 1. The molecule has 1 atom stereocenters. The number of hydrogen-bond acceptors (Lipinski definition) is 6. The SMILES string of the molecule is CN1CCC(OC(=O)c2csc(CCN)n2)C1. The lowest BCUT2D eigenvalue weighted by atomic mass is 10.3. The predicted molar refractivity (Wildman–Crippen MR) is 66.2 cm³/mol. The summed E-state index contributed by atoms with van der Waals surface area (Å²) in [5.41, 5.74) is 5.85. The number of hydrogen-bond donors (Lipinski definition) is 1. The molecule has 5 nitrogen and oxygen atoms in total. The van der Waals surface area contributed by atoms with Crippen molar-refractivity contribution in [1.29, 1.82) is 0 Å². The fourth-order valence-corrected chi connectivity index (χ4v) is 2.63. The monoisotopic (exact) mass is 255 g/mol. The zero-order valence-electron chi connectivity index (χ0n) is 9.89. The van der Waals surface area contributed by atoms with E-state index in [0.29, 0.717) is 18.7 Å². The highest BCUT2D eigenvalue weighted by Crippen LogP contribution is 2.15. The van der Waals surface area contributed by atoms with Crippen LogP contribution in [-0.4, -0.2) is 48.6 Å². The summed E-state index contributed by atoms with van der Waals surface area (Å²) < 4.78 is 5.39. The number of aromatic nitrogens is 1.